The fraction of sp³-hybridized carbons (Fsp3) is 0. The smallest absolute Gasteiger partial charge is 0.256 e. The number of H-pyrrole nitrogens is 1. The predicted octanol–water partition coefficient (Wildman–Crippen LogP) is 0.660. The Bertz CT molecular complexity index is 961. The first kappa shape index (κ1) is 12.6. The van der Waals surface area contributed by atoms with Crippen molar-refractivity contribution in [3.63, 3.8) is 0 Å². The van der Waals surface area contributed by atoms with E-state index in [2.05, 4.69) is 10.1 Å². The van der Waals surface area contributed by atoms with Crippen molar-refractivity contribution in [1.82, 2.24) is 14.6 Å². The van der Waals surface area contributed by atoms with Crippen LogP contribution in [0.3, 0.4) is 0 Å². The zero-order valence-electron chi connectivity index (χ0n) is 10.7. The summed E-state index contributed by atoms with van der Waals surface area (Å²) in [4.78, 5) is 27.5. The van der Waals surface area contributed by atoms with E-state index in [9.17, 15) is 9.59 Å². The average Bonchev–Trinajstić information content (AvgIpc) is 2.94. The lowest BCUT2D eigenvalue weighted by Crippen LogP contribution is -2.23. The van der Waals surface area contributed by atoms with Gasteiger partial charge in [-0.3, -0.25) is 14.7 Å². The summed E-state index contributed by atoms with van der Waals surface area (Å²) in [7, 11) is 0. The third-order valence-corrected chi connectivity index (χ3v) is 3.10. The van der Waals surface area contributed by atoms with Crippen molar-refractivity contribution in [1.29, 1.82) is 5.26 Å². The summed E-state index contributed by atoms with van der Waals surface area (Å²) >= 11 is 0. The van der Waals surface area contributed by atoms with Gasteiger partial charge >= 0.3 is 0 Å². The molecule has 0 saturated heterocycles. The molecule has 0 spiro atoms. The standard InChI is InChI=1S/C14H9N5O2/c15-6-8-2-1-3-9(4-8)10-5-11(20)12(13(16)21)14-17-7-18-19(10)14/h1-5,7H,(H2,16,21)(H,17,18). The van der Waals surface area contributed by atoms with Crippen LogP contribution in [0.4, 0.5) is 0 Å². The Balaban J connectivity index is 2.37. The largest absolute Gasteiger partial charge is 0.365 e. The van der Waals surface area contributed by atoms with Crippen LogP contribution < -0.4 is 11.2 Å². The molecule has 2 aromatic heterocycles. The van der Waals surface area contributed by atoms with Crippen molar-refractivity contribution in [3.8, 4) is 17.3 Å². The Kier molecular flexibility index (Phi) is 2.77. The molecule has 0 bridgehead atoms. The van der Waals surface area contributed by atoms with Gasteiger partial charge in [-0.25, -0.2) is 9.50 Å². The molecule has 21 heavy (non-hydrogen) atoms. The number of fused-ring (bicyclic) bond motifs is 1. The lowest BCUT2D eigenvalue weighted by Gasteiger charge is -2.07. The molecule has 3 rings (SSSR count). The molecule has 102 valence electrons. The number of aromatic nitrogens is 3. The fourth-order valence-electron chi connectivity index (χ4n) is 2.19. The highest BCUT2D eigenvalue weighted by molar-refractivity contribution is 5.99. The second-order valence-electron chi connectivity index (χ2n) is 4.37. The number of hydrogen-bond donors (Lipinski definition) is 2. The monoisotopic (exact) mass is 279 g/mol. The van der Waals surface area contributed by atoms with E-state index in [1.165, 1.54) is 16.9 Å². The number of nitrogens with two attached hydrogens (primary N) is 1. The number of hydrogen-bond acceptors (Lipinski definition) is 4. The Labute approximate surface area is 118 Å². The van der Waals surface area contributed by atoms with Crippen molar-refractivity contribution >= 4 is 11.6 Å². The van der Waals surface area contributed by atoms with Crippen LogP contribution >= 0.6 is 0 Å². The lowest BCUT2D eigenvalue weighted by atomic mass is 10.1. The minimum Gasteiger partial charge on any atom is -0.365 e. The van der Waals surface area contributed by atoms with Gasteiger partial charge in [0.25, 0.3) is 5.91 Å². The average molecular weight is 279 g/mol. The maximum atomic E-state index is 12.1. The maximum Gasteiger partial charge on any atom is 0.256 e. The zero-order chi connectivity index (χ0) is 15.0. The minimum absolute atomic E-state index is 0.160. The van der Waals surface area contributed by atoms with Crippen molar-refractivity contribution in [2.45, 2.75) is 0 Å². The quantitative estimate of drug-likeness (QED) is 0.716. The number of nitriles is 1. The first-order valence-electron chi connectivity index (χ1n) is 6.01. The van der Waals surface area contributed by atoms with E-state index >= 15 is 0 Å². The van der Waals surface area contributed by atoms with Gasteiger partial charge in [0, 0.05) is 11.6 Å². The maximum absolute atomic E-state index is 12.1. The molecule has 0 fully saturated rings. The van der Waals surface area contributed by atoms with Crippen LogP contribution in [0.5, 0.6) is 0 Å². The van der Waals surface area contributed by atoms with E-state index in [1.807, 2.05) is 6.07 Å². The number of nitrogens with zero attached hydrogens (tertiary/aromatic N) is 3. The van der Waals surface area contributed by atoms with Crippen molar-refractivity contribution in [2.75, 3.05) is 0 Å². The number of rotatable bonds is 2. The first-order valence-corrected chi connectivity index (χ1v) is 6.01. The molecule has 0 radical (unpaired) electrons. The molecule has 1 amide bonds. The molecule has 0 saturated carbocycles. The van der Waals surface area contributed by atoms with Gasteiger partial charge in [0.2, 0.25) is 0 Å². The van der Waals surface area contributed by atoms with Crippen LogP contribution in [0.15, 0.2) is 41.5 Å². The van der Waals surface area contributed by atoms with E-state index in [1.54, 1.807) is 24.3 Å². The van der Waals surface area contributed by atoms with Crippen molar-refractivity contribution in [2.24, 2.45) is 5.73 Å². The second-order valence-corrected chi connectivity index (χ2v) is 4.37. The van der Waals surface area contributed by atoms with Crippen LogP contribution in [0.25, 0.3) is 16.9 Å². The highest BCUT2D eigenvalue weighted by Crippen LogP contribution is 2.20. The van der Waals surface area contributed by atoms with Crippen molar-refractivity contribution < 1.29 is 4.79 Å². The summed E-state index contributed by atoms with van der Waals surface area (Å²) in [5, 5.41) is 11.8. The van der Waals surface area contributed by atoms with Crippen molar-refractivity contribution in [3.05, 3.63) is 58.0 Å². The molecule has 3 aromatic rings. The summed E-state index contributed by atoms with van der Waals surface area (Å²) in [6, 6.07) is 10.1. The second kappa shape index (κ2) is 4.61. The molecule has 7 heteroatoms. The Morgan fingerprint density at radius 3 is 2.90 bits per heavy atom. The summed E-state index contributed by atoms with van der Waals surface area (Å²) in [6.45, 7) is 0. The summed E-state index contributed by atoms with van der Waals surface area (Å²) in [6.07, 6.45) is 1.36. The van der Waals surface area contributed by atoms with Gasteiger partial charge in [0.15, 0.2) is 11.1 Å². The molecular weight excluding hydrogens is 270 g/mol. The molecule has 7 nitrogen and oxygen atoms in total. The van der Waals surface area contributed by atoms with Gasteiger partial charge in [-0.1, -0.05) is 12.1 Å². The molecular formula is C14H9N5O2. The minimum atomic E-state index is -0.832. The van der Waals surface area contributed by atoms with Crippen LogP contribution in [0.2, 0.25) is 0 Å². The number of primary amides is 1. The van der Waals surface area contributed by atoms with E-state index in [-0.39, 0.29) is 11.2 Å². The number of amides is 1. The molecule has 0 aliphatic heterocycles. The van der Waals surface area contributed by atoms with E-state index in [0.717, 1.165) is 0 Å². The molecule has 2 heterocycles. The number of pyridine rings is 1. The topological polar surface area (TPSA) is 117 Å². The number of aromatic amines is 1. The van der Waals surface area contributed by atoms with Crippen LogP contribution in [0.1, 0.15) is 15.9 Å². The molecule has 1 aromatic carbocycles. The van der Waals surface area contributed by atoms with Crippen LogP contribution in [-0.2, 0) is 0 Å². The highest BCUT2D eigenvalue weighted by Gasteiger charge is 2.17. The first-order chi connectivity index (χ1) is 10.1. The summed E-state index contributed by atoms with van der Waals surface area (Å²) < 4.78 is 1.48. The molecule has 0 unspecified atom stereocenters. The third kappa shape index (κ3) is 1.95. The number of carbonyl (C=O) groups is 1. The highest BCUT2D eigenvalue weighted by atomic mass is 16.2. The molecule has 0 atom stereocenters. The van der Waals surface area contributed by atoms with E-state index < -0.39 is 11.3 Å². The van der Waals surface area contributed by atoms with Gasteiger partial charge in [-0.15, -0.1) is 0 Å². The SMILES string of the molecule is N#Cc1cccc(-c2cc(=O)c(C(N)=O)c3nc[nH]n23)c1. The molecule has 0 aliphatic rings. The zero-order valence-corrected chi connectivity index (χ0v) is 10.7. The van der Waals surface area contributed by atoms with Gasteiger partial charge in [-0.2, -0.15) is 5.26 Å². The van der Waals surface area contributed by atoms with E-state index in [0.29, 0.717) is 16.8 Å². The van der Waals surface area contributed by atoms with Gasteiger partial charge < -0.3 is 5.73 Å². The van der Waals surface area contributed by atoms with Gasteiger partial charge in [0.05, 0.1) is 17.3 Å². The summed E-state index contributed by atoms with van der Waals surface area (Å²) in [5.74, 6) is -0.832. The van der Waals surface area contributed by atoms with Crippen LogP contribution in [0, 0.1) is 11.3 Å². The van der Waals surface area contributed by atoms with Crippen LogP contribution in [-0.4, -0.2) is 20.5 Å². The number of nitrogens with one attached hydrogen (secondary N) is 1. The number of benzene rings is 1. The lowest BCUT2D eigenvalue weighted by molar-refractivity contribution is 0.100. The van der Waals surface area contributed by atoms with Gasteiger partial charge in [0.1, 0.15) is 11.9 Å². The molecule has 0 aliphatic carbocycles. The predicted molar refractivity (Wildman–Crippen MR) is 74.5 cm³/mol. The number of carbonyl (C=O) groups excluding carboxylic acids is 1. The summed E-state index contributed by atoms with van der Waals surface area (Å²) in [5.41, 5.74) is 6.32. The third-order valence-electron chi connectivity index (χ3n) is 3.10. The Morgan fingerprint density at radius 2 is 2.19 bits per heavy atom. The Hall–Kier alpha value is -3.40. The normalized spacial score (nSPS) is 10.4. The van der Waals surface area contributed by atoms with Gasteiger partial charge in [-0.05, 0) is 12.1 Å². The Morgan fingerprint density at radius 1 is 1.38 bits per heavy atom. The molecule has 3 N–H and O–H groups in total. The fourth-order valence-corrected chi connectivity index (χ4v) is 2.19. The van der Waals surface area contributed by atoms with E-state index in [4.69, 9.17) is 11.0 Å².